The van der Waals surface area contributed by atoms with Crippen LogP contribution in [0.1, 0.15) is 62.6 Å². The van der Waals surface area contributed by atoms with E-state index in [1.165, 1.54) is 12.8 Å². The van der Waals surface area contributed by atoms with Crippen LogP contribution in [0.4, 0.5) is 0 Å². The van der Waals surface area contributed by atoms with Crippen LogP contribution in [-0.4, -0.2) is 18.1 Å². The van der Waals surface area contributed by atoms with Gasteiger partial charge < -0.3 is 14.8 Å². The fourth-order valence-electron chi connectivity index (χ4n) is 3.54. The average molecular weight is 396 g/mol. The SMILES string of the molecule is CC(C)OCc1ccc(CNC(=O)CCc2cccc(OC3CCCC3)c2)cc1. The van der Waals surface area contributed by atoms with Crippen LogP contribution in [0.5, 0.6) is 5.75 Å². The van der Waals surface area contributed by atoms with Crippen LogP contribution < -0.4 is 10.1 Å². The lowest BCUT2D eigenvalue weighted by atomic mass is 10.1. The Bertz CT molecular complexity index is 764. The van der Waals surface area contributed by atoms with Gasteiger partial charge in [-0.3, -0.25) is 4.79 Å². The summed E-state index contributed by atoms with van der Waals surface area (Å²) in [6.45, 7) is 5.23. The third-order valence-corrected chi connectivity index (χ3v) is 5.24. The molecule has 1 amide bonds. The molecule has 1 aliphatic rings. The standard InChI is InChI=1S/C25H33NO3/c1-19(2)28-18-22-12-10-21(11-13-22)17-26-25(27)15-14-20-6-5-9-24(16-20)29-23-7-3-4-8-23/h5-6,9-13,16,19,23H,3-4,7-8,14-15,17-18H2,1-2H3,(H,26,27). The zero-order valence-electron chi connectivity index (χ0n) is 17.7. The number of ether oxygens (including phenoxy) is 2. The highest BCUT2D eigenvalue weighted by Gasteiger charge is 2.16. The number of carbonyl (C=O) groups is 1. The van der Waals surface area contributed by atoms with Crippen molar-refractivity contribution in [2.24, 2.45) is 0 Å². The van der Waals surface area contributed by atoms with E-state index < -0.39 is 0 Å². The molecule has 0 atom stereocenters. The van der Waals surface area contributed by atoms with Gasteiger partial charge in [-0.2, -0.15) is 0 Å². The number of rotatable bonds is 10. The number of amides is 1. The molecule has 2 aromatic rings. The van der Waals surface area contributed by atoms with Crippen molar-refractivity contribution in [2.45, 2.75) is 77.7 Å². The summed E-state index contributed by atoms with van der Waals surface area (Å²) in [5.74, 6) is 0.996. The molecule has 0 saturated heterocycles. The van der Waals surface area contributed by atoms with Crippen molar-refractivity contribution in [3.05, 3.63) is 65.2 Å². The van der Waals surface area contributed by atoms with Gasteiger partial charge in [-0.1, -0.05) is 36.4 Å². The Morgan fingerprint density at radius 2 is 1.76 bits per heavy atom. The van der Waals surface area contributed by atoms with Crippen LogP contribution in [0.2, 0.25) is 0 Å². The molecule has 0 radical (unpaired) electrons. The van der Waals surface area contributed by atoms with Crippen molar-refractivity contribution in [1.29, 1.82) is 0 Å². The number of nitrogens with one attached hydrogen (secondary N) is 1. The number of carbonyl (C=O) groups excluding carboxylic acids is 1. The molecular formula is C25H33NO3. The van der Waals surface area contributed by atoms with Crippen molar-refractivity contribution in [3.63, 3.8) is 0 Å². The van der Waals surface area contributed by atoms with Crippen molar-refractivity contribution in [3.8, 4) is 5.75 Å². The van der Waals surface area contributed by atoms with Crippen molar-refractivity contribution in [2.75, 3.05) is 0 Å². The number of aryl methyl sites for hydroxylation is 1. The Labute approximate surface area is 174 Å². The van der Waals surface area contributed by atoms with Gasteiger partial charge in [0, 0.05) is 13.0 Å². The van der Waals surface area contributed by atoms with Crippen molar-refractivity contribution >= 4 is 5.91 Å². The number of benzene rings is 2. The lowest BCUT2D eigenvalue weighted by Gasteiger charge is -2.14. The average Bonchev–Trinajstić information content (AvgIpc) is 3.23. The molecule has 1 fully saturated rings. The first kappa shape index (κ1) is 21.4. The minimum absolute atomic E-state index is 0.0688. The van der Waals surface area contributed by atoms with E-state index in [4.69, 9.17) is 9.47 Å². The highest BCUT2D eigenvalue weighted by molar-refractivity contribution is 5.76. The topological polar surface area (TPSA) is 47.6 Å². The molecule has 0 bridgehead atoms. The zero-order valence-corrected chi connectivity index (χ0v) is 17.7. The summed E-state index contributed by atoms with van der Waals surface area (Å²) in [6.07, 6.45) is 6.61. The van der Waals surface area contributed by atoms with E-state index in [9.17, 15) is 4.79 Å². The molecule has 4 heteroatoms. The van der Waals surface area contributed by atoms with Gasteiger partial charge >= 0.3 is 0 Å². The predicted molar refractivity (Wildman–Crippen MR) is 116 cm³/mol. The molecule has 0 aliphatic heterocycles. The number of hydrogen-bond donors (Lipinski definition) is 1. The summed E-state index contributed by atoms with van der Waals surface area (Å²) in [4.78, 5) is 12.2. The maximum Gasteiger partial charge on any atom is 0.220 e. The third kappa shape index (κ3) is 7.54. The van der Waals surface area contributed by atoms with E-state index in [0.717, 1.165) is 41.7 Å². The molecule has 1 N–H and O–H groups in total. The second-order valence-electron chi connectivity index (χ2n) is 8.12. The number of hydrogen-bond acceptors (Lipinski definition) is 3. The fourth-order valence-corrected chi connectivity index (χ4v) is 3.54. The Balaban J connectivity index is 1.39. The lowest BCUT2D eigenvalue weighted by molar-refractivity contribution is -0.121. The maximum atomic E-state index is 12.2. The summed E-state index contributed by atoms with van der Waals surface area (Å²) in [5, 5.41) is 3.01. The van der Waals surface area contributed by atoms with Crippen LogP contribution in [0.3, 0.4) is 0 Å². The van der Waals surface area contributed by atoms with Crippen LogP contribution in [0, 0.1) is 0 Å². The Morgan fingerprint density at radius 1 is 1.03 bits per heavy atom. The molecule has 0 unspecified atom stereocenters. The molecule has 29 heavy (non-hydrogen) atoms. The zero-order chi connectivity index (χ0) is 20.5. The highest BCUT2D eigenvalue weighted by Crippen LogP contribution is 2.24. The Morgan fingerprint density at radius 3 is 2.48 bits per heavy atom. The molecule has 4 nitrogen and oxygen atoms in total. The van der Waals surface area contributed by atoms with Gasteiger partial charge in [0.1, 0.15) is 5.75 Å². The van der Waals surface area contributed by atoms with Gasteiger partial charge in [0.25, 0.3) is 0 Å². The maximum absolute atomic E-state index is 12.2. The van der Waals surface area contributed by atoms with E-state index in [1.807, 2.05) is 38.1 Å². The minimum atomic E-state index is 0.0688. The lowest BCUT2D eigenvalue weighted by Crippen LogP contribution is -2.23. The second-order valence-corrected chi connectivity index (χ2v) is 8.12. The van der Waals surface area contributed by atoms with Gasteiger partial charge in [-0.05, 0) is 74.8 Å². The van der Waals surface area contributed by atoms with Crippen LogP contribution in [-0.2, 0) is 29.1 Å². The first-order valence-corrected chi connectivity index (χ1v) is 10.8. The van der Waals surface area contributed by atoms with Gasteiger partial charge in [-0.15, -0.1) is 0 Å². The van der Waals surface area contributed by atoms with Gasteiger partial charge in [-0.25, -0.2) is 0 Å². The molecule has 2 aromatic carbocycles. The van der Waals surface area contributed by atoms with Gasteiger partial charge in [0.15, 0.2) is 0 Å². The van der Waals surface area contributed by atoms with Gasteiger partial charge in [0.05, 0.1) is 18.8 Å². The molecule has 1 aliphatic carbocycles. The molecule has 3 rings (SSSR count). The fraction of sp³-hybridized carbons (Fsp3) is 0.480. The molecule has 1 saturated carbocycles. The molecule has 0 aromatic heterocycles. The van der Waals surface area contributed by atoms with E-state index in [0.29, 0.717) is 25.7 Å². The summed E-state index contributed by atoms with van der Waals surface area (Å²) < 4.78 is 11.7. The van der Waals surface area contributed by atoms with E-state index in [1.54, 1.807) is 0 Å². The monoisotopic (exact) mass is 395 g/mol. The van der Waals surface area contributed by atoms with E-state index >= 15 is 0 Å². The van der Waals surface area contributed by atoms with E-state index in [-0.39, 0.29) is 12.0 Å². The third-order valence-electron chi connectivity index (χ3n) is 5.24. The predicted octanol–water partition coefficient (Wildman–Crippen LogP) is 5.18. The van der Waals surface area contributed by atoms with Crippen molar-refractivity contribution < 1.29 is 14.3 Å². The quantitative estimate of drug-likeness (QED) is 0.603. The summed E-state index contributed by atoms with van der Waals surface area (Å²) in [5.41, 5.74) is 3.39. The first-order chi connectivity index (χ1) is 14.1. The van der Waals surface area contributed by atoms with Crippen LogP contribution in [0.25, 0.3) is 0 Å². The van der Waals surface area contributed by atoms with E-state index in [2.05, 4.69) is 29.6 Å². The summed E-state index contributed by atoms with van der Waals surface area (Å²) in [6, 6.07) is 16.4. The van der Waals surface area contributed by atoms with Crippen LogP contribution >= 0.6 is 0 Å². The van der Waals surface area contributed by atoms with Crippen LogP contribution in [0.15, 0.2) is 48.5 Å². The summed E-state index contributed by atoms with van der Waals surface area (Å²) >= 11 is 0. The highest BCUT2D eigenvalue weighted by atomic mass is 16.5. The van der Waals surface area contributed by atoms with Gasteiger partial charge in [0.2, 0.25) is 5.91 Å². The molecular weight excluding hydrogens is 362 g/mol. The minimum Gasteiger partial charge on any atom is -0.490 e. The Kier molecular flexibility index (Phi) is 8.12. The molecule has 0 heterocycles. The molecule has 156 valence electrons. The molecule has 0 spiro atoms. The largest absolute Gasteiger partial charge is 0.490 e. The summed E-state index contributed by atoms with van der Waals surface area (Å²) in [7, 11) is 0. The smallest absolute Gasteiger partial charge is 0.220 e. The first-order valence-electron chi connectivity index (χ1n) is 10.8. The Hall–Kier alpha value is -2.33. The van der Waals surface area contributed by atoms with Crippen molar-refractivity contribution in [1.82, 2.24) is 5.32 Å². The second kappa shape index (κ2) is 11.0. The normalized spacial score (nSPS) is 14.3.